The molecule has 0 aliphatic carbocycles. The van der Waals surface area contributed by atoms with Crippen LogP contribution < -0.4 is 9.62 Å². The highest BCUT2D eigenvalue weighted by Crippen LogP contribution is 2.25. The maximum Gasteiger partial charge on any atom is 0.253 e. The summed E-state index contributed by atoms with van der Waals surface area (Å²) in [4.78, 5) is 13.9. The molecule has 8 heteroatoms. The SMILES string of the molecule is CS(=O)(=O)N(Cc1ccccc1)c1ccccc1C(=O)NCCSc1ccc(Cl)cc1. The van der Waals surface area contributed by atoms with Crippen LogP contribution in [-0.4, -0.2) is 32.9 Å². The molecule has 3 aromatic rings. The standard InChI is InChI=1S/C23H23ClN2O3S2/c1-31(28,29)26(17-18-7-3-2-4-8-18)22-10-6-5-9-21(22)23(27)25-15-16-30-20-13-11-19(24)12-14-20/h2-14H,15-17H2,1H3,(H,25,27). The second-order valence-electron chi connectivity index (χ2n) is 6.83. The number of benzene rings is 3. The summed E-state index contributed by atoms with van der Waals surface area (Å²) in [5, 5.41) is 3.56. The number of thioether (sulfide) groups is 1. The highest BCUT2D eigenvalue weighted by Gasteiger charge is 2.23. The average Bonchev–Trinajstić information content (AvgIpc) is 2.76. The average molecular weight is 475 g/mol. The molecule has 0 aliphatic heterocycles. The summed E-state index contributed by atoms with van der Waals surface area (Å²) >= 11 is 7.50. The molecular formula is C23H23ClN2O3S2. The van der Waals surface area contributed by atoms with Crippen LogP contribution in [0.3, 0.4) is 0 Å². The van der Waals surface area contributed by atoms with Crippen molar-refractivity contribution in [2.75, 3.05) is 22.9 Å². The molecule has 0 saturated heterocycles. The van der Waals surface area contributed by atoms with Gasteiger partial charge in [-0.15, -0.1) is 11.8 Å². The van der Waals surface area contributed by atoms with Gasteiger partial charge in [-0.05, 0) is 42.0 Å². The number of nitrogens with zero attached hydrogens (tertiary/aromatic N) is 1. The van der Waals surface area contributed by atoms with Gasteiger partial charge in [-0.2, -0.15) is 0 Å². The summed E-state index contributed by atoms with van der Waals surface area (Å²) < 4.78 is 26.3. The van der Waals surface area contributed by atoms with Crippen molar-refractivity contribution in [3.8, 4) is 0 Å². The van der Waals surface area contributed by atoms with E-state index >= 15 is 0 Å². The number of rotatable bonds is 9. The van der Waals surface area contributed by atoms with Crippen molar-refractivity contribution < 1.29 is 13.2 Å². The molecule has 0 bridgehead atoms. The van der Waals surface area contributed by atoms with Crippen LogP contribution in [0, 0.1) is 0 Å². The van der Waals surface area contributed by atoms with E-state index < -0.39 is 10.0 Å². The Morgan fingerprint density at radius 1 is 0.968 bits per heavy atom. The molecule has 0 heterocycles. The molecule has 0 saturated carbocycles. The summed E-state index contributed by atoms with van der Waals surface area (Å²) in [6.07, 6.45) is 1.15. The van der Waals surface area contributed by atoms with Gasteiger partial charge in [0.2, 0.25) is 10.0 Å². The largest absolute Gasteiger partial charge is 0.351 e. The molecule has 0 spiro atoms. The van der Waals surface area contributed by atoms with Crippen molar-refractivity contribution in [2.24, 2.45) is 0 Å². The Hall–Kier alpha value is -2.48. The minimum atomic E-state index is -3.60. The third kappa shape index (κ3) is 6.75. The molecule has 31 heavy (non-hydrogen) atoms. The molecule has 0 unspecified atom stereocenters. The highest BCUT2D eigenvalue weighted by atomic mass is 35.5. The maximum atomic E-state index is 12.8. The first kappa shape index (κ1) is 23.2. The molecule has 5 nitrogen and oxygen atoms in total. The van der Waals surface area contributed by atoms with E-state index in [1.165, 1.54) is 4.31 Å². The second kappa shape index (κ2) is 10.7. The lowest BCUT2D eigenvalue weighted by atomic mass is 10.1. The minimum absolute atomic E-state index is 0.149. The zero-order valence-electron chi connectivity index (χ0n) is 17.0. The molecule has 0 fully saturated rings. The number of para-hydroxylation sites is 1. The van der Waals surface area contributed by atoms with Crippen molar-refractivity contribution in [1.82, 2.24) is 5.32 Å². The van der Waals surface area contributed by atoms with E-state index in [-0.39, 0.29) is 12.5 Å². The molecule has 0 aromatic heterocycles. The quantitative estimate of drug-likeness (QED) is 0.356. The summed E-state index contributed by atoms with van der Waals surface area (Å²) in [7, 11) is -3.60. The Bertz CT molecular complexity index is 1120. The first-order chi connectivity index (χ1) is 14.8. The molecule has 1 N–H and O–H groups in total. The molecule has 0 radical (unpaired) electrons. The van der Waals surface area contributed by atoms with Crippen LogP contribution in [0.2, 0.25) is 5.02 Å². The van der Waals surface area contributed by atoms with Gasteiger partial charge in [0.25, 0.3) is 5.91 Å². The fourth-order valence-corrected chi connectivity index (χ4v) is 4.77. The Morgan fingerprint density at radius 2 is 1.61 bits per heavy atom. The first-order valence-corrected chi connectivity index (χ1v) is 12.8. The molecule has 3 rings (SSSR count). The van der Waals surface area contributed by atoms with Crippen LogP contribution in [0.15, 0.2) is 83.8 Å². The topological polar surface area (TPSA) is 66.5 Å². The lowest BCUT2D eigenvalue weighted by Gasteiger charge is -2.24. The molecule has 162 valence electrons. The number of anilines is 1. The van der Waals surface area contributed by atoms with Crippen LogP contribution in [0.1, 0.15) is 15.9 Å². The number of hydrogen-bond donors (Lipinski definition) is 1. The monoisotopic (exact) mass is 474 g/mol. The van der Waals surface area contributed by atoms with Gasteiger partial charge in [0.1, 0.15) is 0 Å². The first-order valence-electron chi connectivity index (χ1n) is 9.62. The molecule has 3 aromatic carbocycles. The maximum absolute atomic E-state index is 12.8. The van der Waals surface area contributed by atoms with Gasteiger partial charge in [-0.1, -0.05) is 54.1 Å². The van der Waals surface area contributed by atoms with Gasteiger partial charge in [0, 0.05) is 22.2 Å². The Kier molecular flexibility index (Phi) is 8.01. The van der Waals surface area contributed by atoms with E-state index in [2.05, 4.69) is 5.32 Å². The molecule has 0 atom stereocenters. The lowest BCUT2D eigenvalue weighted by Crippen LogP contribution is -2.33. The number of halogens is 1. The van der Waals surface area contributed by atoms with Crippen molar-refractivity contribution in [3.05, 3.63) is 95.0 Å². The molecule has 0 aliphatic rings. The summed E-state index contributed by atoms with van der Waals surface area (Å²) in [5.74, 6) is 0.365. The highest BCUT2D eigenvalue weighted by molar-refractivity contribution is 7.99. The molecule has 1 amide bonds. The normalized spacial score (nSPS) is 11.2. The van der Waals surface area contributed by atoms with E-state index in [0.29, 0.717) is 28.6 Å². The zero-order chi connectivity index (χ0) is 22.3. The Morgan fingerprint density at radius 3 is 2.29 bits per heavy atom. The fraction of sp³-hybridized carbons (Fsp3) is 0.174. The third-order valence-electron chi connectivity index (χ3n) is 4.46. The number of hydrogen-bond acceptors (Lipinski definition) is 4. The van der Waals surface area contributed by atoms with Crippen molar-refractivity contribution in [1.29, 1.82) is 0 Å². The predicted molar refractivity (Wildman–Crippen MR) is 128 cm³/mol. The number of amides is 1. The van der Waals surface area contributed by atoms with Crippen LogP contribution in [0.4, 0.5) is 5.69 Å². The number of sulfonamides is 1. The number of nitrogens with one attached hydrogen (secondary N) is 1. The predicted octanol–water partition coefficient (Wildman–Crippen LogP) is 4.83. The summed E-state index contributed by atoms with van der Waals surface area (Å²) in [5.41, 5.74) is 1.51. The van der Waals surface area contributed by atoms with Crippen LogP contribution in [0.5, 0.6) is 0 Å². The van der Waals surface area contributed by atoms with Crippen molar-refractivity contribution in [3.63, 3.8) is 0 Å². The van der Waals surface area contributed by atoms with Crippen LogP contribution in [0.25, 0.3) is 0 Å². The van der Waals surface area contributed by atoms with E-state index in [9.17, 15) is 13.2 Å². The van der Waals surface area contributed by atoms with Crippen molar-refractivity contribution >= 4 is 45.0 Å². The summed E-state index contributed by atoms with van der Waals surface area (Å²) in [6.45, 7) is 0.592. The second-order valence-corrected chi connectivity index (χ2v) is 10.3. The molecular weight excluding hydrogens is 452 g/mol. The lowest BCUT2D eigenvalue weighted by molar-refractivity contribution is 0.0957. The number of carbonyl (C=O) groups excluding carboxylic acids is 1. The van der Waals surface area contributed by atoms with Gasteiger partial charge in [-0.3, -0.25) is 9.10 Å². The minimum Gasteiger partial charge on any atom is -0.351 e. The van der Waals surface area contributed by atoms with Crippen molar-refractivity contribution in [2.45, 2.75) is 11.4 Å². The van der Waals surface area contributed by atoms with Gasteiger partial charge in [0.05, 0.1) is 24.1 Å². The van der Waals surface area contributed by atoms with Gasteiger partial charge >= 0.3 is 0 Å². The third-order valence-corrected chi connectivity index (χ3v) is 6.85. The fourth-order valence-electron chi connectivity index (χ4n) is 2.97. The van der Waals surface area contributed by atoms with E-state index in [1.807, 2.05) is 54.6 Å². The van der Waals surface area contributed by atoms with Gasteiger partial charge in [0.15, 0.2) is 0 Å². The smallest absolute Gasteiger partial charge is 0.253 e. The van der Waals surface area contributed by atoms with Gasteiger partial charge in [-0.25, -0.2) is 8.42 Å². The Labute approximate surface area is 192 Å². The zero-order valence-corrected chi connectivity index (χ0v) is 19.4. The Balaban J connectivity index is 1.71. The summed E-state index contributed by atoms with van der Waals surface area (Å²) in [6, 6.07) is 23.5. The van der Waals surface area contributed by atoms with Crippen LogP contribution in [-0.2, 0) is 16.6 Å². The van der Waals surface area contributed by atoms with E-state index in [1.54, 1.807) is 36.0 Å². The van der Waals surface area contributed by atoms with E-state index in [4.69, 9.17) is 11.6 Å². The van der Waals surface area contributed by atoms with E-state index in [0.717, 1.165) is 16.7 Å². The van der Waals surface area contributed by atoms with Gasteiger partial charge < -0.3 is 5.32 Å². The van der Waals surface area contributed by atoms with Crippen LogP contribution >= 0.6 is 23.4 Å². The number of carbonyl (C=O) groups is 1.